The molecule has 1 spiro atoms. The van der Waals surface area contributed by atoms with Gasteiger partial charge in [0.05, 0.1) is 18.8 Å². The molecule has 35 heavy (non-hydrogen) atoms. The summed E-state index contributed by atoms with van der Waals surface area (Å²) in [6, 6.07) is 17.7. The zero-order chi connectivity index (χ0) is 24.9. The van der Waals surface area contributed by atoms with Gasteiger partial charge in [-0.2, -0.15) is 0 Å². The monoisotopic (exact) mass is 479 g/mol. The van der Waals surface area contributed by atoms with Crippen molar-refractivity contribution < 1.29 is 28.6 Å². The van der Waals surface area contributed by atoms with E-state index in [1.807, 2.05) is 48.5 Å². The lowest BCUT2D eigenvalue weighted by Gasteiger charge is -2.52. The van der Waals surface area contributed by atoms with Gasteiger partial charge in [0.2, 0.25) is 0 Å². The highest BCUT2D eigenvalue weighted by Crippen LogP contribution is 2.52. The van der Waals surface area contributed by atoms with Crippen molar-refractivity contribution in [1.29, 1.82) is 0 Å². The standard InChI is InChI=1S/C28H33NO6/c1-3-33-24(30)27(25(31)34-4-2)15-17-28(18-16-27)23-13-9-8-12-22(23)14-19-29(28)26(32)35-20-21-10-6-5-7-11-21/h5-13H,3-4,14-20H2,1-2H3. The largest absolute Gasteiger partial charge is 0.465 e. The second-order valence-electron chi connectivity index (χ2n) is 9.15. The number of carbonyl (C=O) groups excluding carboxylic acids is 3. The molecule has 1 fully saturated rings. The fourth-order valence-electron chi connectivity index (χ4n) is 5.51. The Bertz CT molecular complexity index is 1040. The van der Waals surface area contributed by atoms with Crippen LogP contribution in [0.3, 0.4) is 0 Å². The van der Waals surface area contributed by atoms with Crippen LogP contribution in [-0.4, -0.2) is 42.7 Å². The molecule has 1 heterocycles. The first-order valence-corrected chi connectivity index (χ1v) is 12.4. The van der Waals surface area contributed by atoms with E-state index in [0.717, 1.165) is 17.5 Å². The number of ether oxygens (including phenoxy) is 3. The highest BCUT2D eigenvalue weighted by Gasteiger charge is 2.58. The number of amides is 1. The van der Waals surface area contributed by atoms with Crippen LogP contribution in [0.25, 0.3) is 0 Å². The molecule has 1 aliphatic heterocycles. The molecule has 0 bridgehead atoms. The third-order valence-corrected chi connectivity index (χ3v) is 7.33. The summed E-state index contributed by atoms with van der Waals surface area (Å²) in [5.41, 5.74) is 1.14. The number of hydrogen-bond donors (Lipinski definition) is 0. The summed E-state index contributed by atoms with van der Waals surface area (Å²) in [6.45, 7) is 4.52. The van der Waals surface area contributed by atoms with Gasteiger partial charge in [0.25, 0.3) is 0 Å². The lowest BCUT2D eigenvalue weighted by molar-refractivity contribution is -0.177. The Morgan fingerprint density at radius 3 is 2.03 bits per heavy atom. The Morgan fingerprint density at radius 2 is 1.40 bits per heavy atom. The molecular weight excluding hydrogens is 446 g/mol. The van der Waals surface area contributed by atoms with Crippen molar-refractivity contribution >= 4 is 18.0 Å². The molecule has 4 rings (SSSR count). The molecule has 0 unspecified atom stereocenters. The summed E-state index contributed by atoms with van der Waals surface area (Å²) in [7, 11) is 0. The smallest absolute Gasteiger partial charge is 0.410 e. The van der Waals surface area contributed by atoms with Gasteiger partial charge in [-0.05, 0) is 62.6 Å². The van der Waals surface area contributed by atoms with Crippen LogP contribution < -0.4 is 0 Å². The second-order valence-corrected chi connectivity index (χ2v) is 9.15. The molecule has 2 aromatic rings. The van der Waals surface area contributed by atoms with E-state index in [0.29, 0.717) is 19.4 Å². The normalized spacial score (nSPS) is 17.8. The lowest BCUT2D eigenvalue weighted by Crippen LogP contribution is -2.58. The SMILES string of the molecule is CCOC(=O)C1(C(=O)OCC)CCC2(CC1)c1ccccc1CCN2C(=O)OCc1ccccc1. The molecule has 186 valence electrons. The molecule has 0 saturated heterocycles. The molecule has 1 saturated carbocycles. The van der Waals surface area contributed by atoms with Gasteiger partial charge >= 0.3 is 18.0 Å². The Kier molecular flexibility index (Phi) is 7.43. The van der Waals surface area contributed by atoms with Crippen molar-refractivity contribution in [2.75, 3.05) is 19.8 Å². The topological polar surface area (TPSA) is 82.1 Å². The van der Waals surface area contributed by atoms with Crippen LogP contribution in [0.1, 0.15) is 56.2 Å². The lowest BCUT2D eigenvalue weighted by atomic mass is 9.62. The minimum Gasteiger partial charge on any atom is -0.465 e. The predicted molar refractivity (Wildman–Crippen MR) is 129 cm³/mol. The van der Waals surface area contributed by atoms with Crippen LogP contribution in [0, 0.1) is 5.41 Å². The molecule has 1 aliphatic carbocycles. The Morgan fingerprint density at radius 1 is 0.800 bits per heavy atom. The van der Waals surface area contributed by atoms with Gasteiger partial charge in [0, 0.05) is 6.54 Å². The number of carbonyl (C=O) groups is 3. The van der Waals surface area contributed by atoms with Gasteiger partial charge in [-0.15, -0.1) is 0 Å². The summed E-state index contributed by atoms with van der Waals surface area (Å²) >= 11 is 0. The average Bonchev–Trinajstić information content (AvgIpc) is 2.89. The molecule has 1 amide bonds. The van der Waals surface area contributed by atoms with Crippen molar-refractivity contribution in [1.82, 2.24) is 4.90 Å². The average molecular weight is 480 g/mol. The molecule has 2 aromatic carbocycles. The van der Waals surface area contributed by atoms with Crippen LogP contribution in [0.5, 0.6) is 0 Å². The first-order valence-electron chi connectivity index (χ1n) is 12.4. The highest BCUT2D eigenvalue weighted by molar-refractivity contribution is 6.00. The van der Waals surface area contributed by atoms with Crippen molar-refractivity contribution in [3.63, 3.8) is 0 Å². The first kappa shape index (κ1) is 24.8. The van der Waals surface area contributed by atoms with Gasteiger partial charge in [0.1, 0.15) is 6.61 Å². The van der Waals surface area contributed by atoms with E-state index in [1.54, 1.807) is 18.7 Å². The minimum atomic E-state index is -1.36. The van der Waals surface area contributed by atoms with E-state index in [4.69, 9.17) is 14.2 Å². The first-order chi connectivity index (χ1) is 17.0. The van der Waals surface area contributed by atoms with Gasteiger partial charge in [-0.3, -0.25) is 14.5 Å². The summed E-state index contributed by atoms with van der Waals surface area (Å²) in [5.74, 6) is -1.09. The molecular formula is C28H33NO6. The van der Waals surface area contributed by atoms with E-state index in [2.05, 4.69) is 6.07 Å². The summed E-state index contributed by atoms with van der Waals surface area (Å²) in [6.07, 6.45) is 1.68. The van der Waals surface area contributed by atoms with Crippen LogP contribution in [0.15, 0.2) is 54.6 Å². The van der Waals surface area contributed by atoms with Crippen molar-refractivity contribution in [3.8, 4) is 0 Å². The van der Waals surface area contributed by atoms with Gasteiger partial charge in [-0.1, -0.05) is 54.6 Å². The molecule has 0 aromatic heterocycles. The summed E-state index contributed by atoms with van der Waals surface area (Å²) in [5, 5.41) is 0. The van der Waals surface area contributed by atoms with Crippen LogP contribution in [-0.2, 0) is 42.4 Å². The number of esters is 2. The number of nitrogens with zero attached hydrogens (tertiary/aromatic N) is 1. The van der Waals surface area contributed by atoms with Crippen LogP contribution >= 0.6 is 0 Å². The number of benzene rings is 2. The van der Waals surface area contributed by atoms with Crippen molar-refractivity contribution in [3.05, 3.63) is 71.3 Å². The maximum Gasteiger partial charge on any atom is 0.410 e. The van der Waals surface area contributed by atoms with E-state index in [1.165, 1.54) is 5.56 Å². The van der Waals surface area contributed by atoms with E-state index in [-0.39, 0.29) is 38.8 Å². The third-order valence-electron chi connectivity index (χ3n) is 7.33. The zero-order valence-electron chi connectivity index (χ0n) is 20.5. The zero-order valence-corrected chi connectivity index (χ0v) is 20.5. The maximum atomic E-state index is 13.4. The molecule has 2 aliphatic rings. The van der Waals surface area contributed by atoms with E-state index < -0.39 is 22.9 Å². The van der Waals surface area contributed by atoms with Crippen LogP contribution in [0.2, 0.25) is 0 Å². The van der Waals surface area contributed by atoms with Crippen LogP contribution in [0.4, 0.5) is 4.79 Å². The maximum absolute atomic E-state index is 13.4. The summed E-state index contributed by atoms with van der Waals surface area (Å²) < 4.78 is 16.4. The van der Waals surface area contributed by atoms with Gasteiger partial charge < -0.3 is 14.2 Å². The third kappa shape index (κ3) is 4.64. The Labute approximate surface area is 206 Å². The quantitative estimate of drug-likeness (QED) is 0.337. The predicted octanol–water partition coefficient (Wildman–Crippen LogP) is 4.76. The fraction of sp³-hybridized carbons (Fsp3) is 0.464. The number of rotatable bonds is 6. The van der Waals surface area contributed by atoms with Crippen molar-refractivity contribution in [2.24, 2.45) is 5.41 Å². The second kappa shape index (κ2) is 10.5. The number of hydrogen-bond acceptors (Lipinski definition) is 6. The van der Waals surface area contributed by atoms with Crippen molar-refractivity contribution in [2.45, 2.75) is 58.1 Å². The highest BCUT2D eigenvalue weighted by atomic mass is 16.6. The summed E-state index contributed by atoms with van der Waals surface area (Å²) in [4.78, 5) is 41.2. The molecule has 0 N–H and O–H groups in total. The molecule has 0 atom stereocenters. The van der Waals surface area contributed by atoms with Gasteiger partial charge in [0.15, 0.2) is 5.41 Å². The minimum absolute atomic E-state index is 0.184. The Hall–Kier alpha value is -3.35. The van der Waals surface area contributed by atoms with Gasteiger partial charge in [-0.25, -0.2) is 4.79 Å². The molecule has 0 radical (unpaired) electrons. The van der Waals surface area contributed by atoms with E-state index >= 15 is 0 Å². The van der Waals surface area contributed by atoms with E-state index in [9.17, 15) is 14.4 Å². The Balaban J connectivity index is 1.64. The molecule has 7 heteroatoms. The molecule has 7 nitrogen and oxygen atoms in total. The number of fused-ring (bicyclic) bond motifs is 2. The fourth-order valence-corrected chi connectivity index (χ4v) is 5.51.